The molecule has 2 aromatic rings. The highest BCUT2D eigenvalue weighted by atomic mass is 16.5. The van der Waals surface area contributed by atoms with Gasteiger partial charge in [-0.1, -0.05) is 12.1 Å². The van der Waals surface area contributed by atoms with E-state index < -0.39 is 0 Å². The third kappa shape index (κ3) is 4.97. The van der Waals surface area contributed by atoms with Crippen LogP contribution in [0.4, 0.5) is 5.69 Å². The van der Waals surface area contributed by atoms with Crippen molar-refractivity contribution >= 4 is 23.2 Å². The second-order valence-electron chi connectivity index (χ2n) is 6.89. The first-order valence-electron chi connectivity index (χ1n) is 9.45. The van der Waals surface area contributed by atoms with E-state index in [1.807, 2.05) is 12.1 Å². The van der Waals surface area contributed by atoms with Crippen molar-refractivity contribution in [2.75, 3.05) is 12.4 Å². The summed E-state index contributed by atoms with van der Waals surface area (Å²) in [5, 5.41) is 7.02. The number of rotatable bonds is 6. The molecule has 0 atom stereocenters. The Balaban J connectivity index is 1.55. The molecule has 2 amide bonds. The van der Waals surface area contributed by atoms with Crippen LogP contribution in [0.3, 0.4) is 0 Å². The summed E-state index contributed by atoms with van der Waals surface area (Å²) in [5.74, 6) is 0.203. The number of carbonyl (C=O) groups excluding carboxylic acids is 2. The van der Waals surface area contributed by atoms with Crippen LogP contribution in [-0.4, -0.2) is 24.6 Å². The van der Waals surface area contributed by atoms with Crippen LogP contribution >= 0.6 is 0 Å². The predicted octanol–water partition coefficient (Wildman–Crippen LogP) is 3.71. The van der Waals surface area contributed by atoms with Crippen molar-refractivity contribution in [1.82, 2.24) is 5.43 Å². The average Bonchev–Trinajstić information content (AvgIpc) is 2.72. The molecule has 2 N–H and O–H groups in total. The molecule has 0 radical (unpaired) electrons. The summed E-state index contributed by atoms with van der Waals surface area (Å²) < 4.78 is 5.07. The number of nitrogens with zero attached hydrogens (tertiary/aromatic N) is 1. The Morgan fingerprint density at radius 1 is 1.07 bits per heavy atom. The topological polar surface area (TPSA) is 79.8 Å². The molecule has 1 aliphatic rings. The first-order chi connectivity index (χ1) is 13.6. The number of hydrazone groups is 1. The summed E-state index contributed by atoms with van der Waals surface area (Å²) in [7, 11) is 1.57. The highest BCUT2D eigenvalue weighted by molar-refractivity contribution is 6.06. The second kappa shape index (κ2) is 9.17. The Bertz CT molecular complexity index is 888. The number of hydrogen-bond donors (Lipinski definition) is 2. The van der Waals surface area contributed by atoms with Gasteiger partial charge < -0.3 is 10.1 Å². The number of hydrogen-bond acceptors (Lipinski definition) is 4. The van der Waals surface area contributed by atoms with Crippen LogP contribution in [0.15, 0.2) is 47.6 Å². The molecule has 0 heterocycles. The summed E-state index contributed by atoms with van der Waals surface area (Å²) in [6, 6.07) is 12.8. The second-order valence-corrected chi connectivity index (χ2v) is 6.89. The number of benzene rings is 2. The minimum absolute atomic E-state index is 0.118. The summed E-state index contributed by atoms with van der Waals surface area (Å²) in [6.45, 7) is 1.72. The van der Waals surface area contributed by atoms with Crippen LogP contribution < -0.4 is 15.5 Å². The van der Waals surface area contributed by atoms with E-state index in [-0.39, 0.29) is 18.2 Å². The number of ether oxygens (including phenoxy) is 1. The van der Waals surface area contributed by atoms with Gasteiger partial charge in [0.1, 0.15) is 5.75 Å². The van der Waals surface area contributed by atoms with E-state index in [4.69, 9.17) is 4.74 Å². The zero-order chi connectivity index (χ0) is 19.9. The number of anilines is 1. The summed E-state index contributed by atoms with van der Waals surface area (Å²) in [6.07, 6.45) is 4.53. The zero-order valence-corrected chi connectivity index (χ0v) is 16.2. The van der Waals surface area contributed by atoms with Gasteiger partial charge in [-0.2, -0.15) is 5.10 Å². The molecule has 28 heavy (non-hydrogen) atoms. The Kier molecular flexibility index (Phi) is 6.42. The van der Waals surface area contributed by atoms with Gasteiger partial charge in [0.25, 0.3) is 5.91 Å². The largest absolute Gasteiger partial charge is 0.497 e. The molecule has 2 aromatic carbocycles. The maximum absolute atomic E-state index is 12.4. The van der Waals surface area contributed by atoms with Crippen LogP contribution in [0.5, 0.6) is 5.75 Å². The molecule has 0 saturated carbocycles. The van der Waals surface area contributed by atoms with E-state index in [1.165, 1.54) is 17.5 Å². The minimum atomic E-state index is -0.334. The van der Waals surface area contributed by atoms with Gasteiger partial charge in [0.15, 0.2) is 0 Å². The first-order valence-corrected chi connectivity index (χ1v) is 9.45. The zero-order valence-electron chi connectivity index (χ0n) is 16.2. The standard InChI is InChI=1S/C22H25N3O3/c1-15(24-25-22(27)17-10-12-18(28-2)13-11-17)14-21(26)23-20-9-5-7-16-6-3-4-8-19(16)20/h5,7,9-13H,3-4,6,8,14H2,1-2H3,(H,23,26)(H,25,27). The van der Waals surface area contributed by atoms with Crippen molar-refractivity contribution in [3.05, 3.63) is 59.2 Å². The SMILES string of the molecule is COc1ccc(C(=O)NN=C(C)CC(=O)Nc2cccc3c2CCCC3)cc1. The molecule has 146 valence electrons. The van der Waals surface area contributed by atoms with E-state index in [1.54, 1.807) is 38.3 Å². The Morgan fingerprint density at radius 3 is 2.57 bits per heavy atom. The lowest BCUT2D eigenvalue weighted by molar-refractivity contribution is -0.115. The maximum Gasteiger partial charge on any atom is 0.271 e. The van der Waals surface area contributed by atoms with Gasteiger partial charge in [0.05, 0.1) is 13.5 Å². The predicted molar refractivity (Wildman–Crippen MR) is 110 cm³/mol. The van der Waals surface area contributed by atoms with Gasteiger partial charge in [-0.05, 0) is 74.1 Å². The fraction of sp³-hybridized carbons (Fsp3) is 0.318. The number of methoxy groups -OCH3 is 1. The van der Waals surface area contributed by atoms with Gasteiger partial charge in [0, 0.05) is 17.0 Å². The molecule has 1 aliphatic carbocycles. The summed E-state index contributed by atoms with van der Waals surface area (Å²) >= 11 is 0. The van der Waals surface area contributed by atoms with Gasteiger partial charge in [0.2, 0.25) is 5.91 Å². The molecule has 0 bridgehead atoms. The smallest absolute Gasteiger partial charge is 0.271 e. The van der Waals surface area contributed by atoms with Crippen molar-refractivity contribution in [2.24, 2.45) is 5.10 Å². The Labute approximate surface area is 165 Å². The number of aryl methyl sites for hydroxylation is 1. The Morgan fingerprint density at radius 2 is 1.82 bits per heavy atom. The molecular formula is C22H25N3O3. The van der Waals surface area contributed by atoms with Crippen molar-refractivity contribution in [3.8, 4) is 5.75 Å². The molecule has 6 nitrogen and oxygen atoms in total. The maximum atomic E-state index is 12.4. The summed E-state index contributed by atoms with van der Waals surface area (Å²) in [5.41, 5.74) is 6.93. The van der Waals surface area contributed by atoms with Crippen LogP contribution in [0.1, 0.15) is 47.7 Å². The van der Waals surface area contributed by atoms with Gasteiger partial charge in [-0.15, -0.1) is 0 Å². The summed E-state index contributed by atoms with van der Waals surface area (Å²) in [4.78, 5) is 24.5. The molecule has 0 aromatic heterocycles. The van der Waals surface area contributed by atoms with Crippen molar-refractivity contribution in [2.45, 2.75) is 39.0 Å². The lowest BCUT2D eigenvalue weighted by Crippen LogP contribution is -2.22. The molecule has 0 aliphatic heterocycles. The third-order valence-corrected chi connectivity index (χ3v) is 4.79. The lowest BCUT2D eigenvalue weighted by atomic mass is 9.90. The number of nitrogens with one attached hydrogen (secondary N) is 2. The molecule has 0 spiro atoms. The van der Waals surface area contributed by atoms with Crippen LogP contribution in [0.2, 0.25) is 0 Å². The lowest BCUT2D eigenvalue weighted by Gasteiger charge is -2.19. The molecule has 0 saturated heterocycles. The normalized spacial score (nSPS) is 13.4. The molecular weight excluding hydrogens is 354 g/mol. The number of amides is 2. The molecule has 3 rings (SSSR count). The van der Waals surface area contributed by atoms with Crippen molar-refractivity contribution in [1.29, 1.82) is 0 Å². The van der Waals surface area contributed by atoms with Gasteiger partial charge in [-0.25, -0.2) is 5.43 Å². The third-order valence-electron chi connectivity index (χ3n) is 4.79. The number of fused-ring (bicyclic) bond motifs is 1. The average molecular weight is 379 g/mol. The van der Waals surface area contributed by atoms with Crippen LogP contribution in [0, 0.1) is 0 Å². The van der Waals surface area contributed by atoms with Crippen LogP contribution in [0.25, 0.3) is 0 Å². The number of carbonyl (C=O) groups is 2. The van der Waals surface area contributed by atoms with Crippen molar-refractivity contribution in [3.63, 3.8) is 0 Å². The molecule has 0 unspecified atom stereocenters. The van der Waals surface area contributed by atoms with E-state index in [0.717, 1.165) is 24.9 Å². The van der Waals surface area contributed by atoms with E-state index in [0.29, 0.717) is 17.0 Å². The highest BCUT2D eigenvalue weighted by Crippen LogP contribution is 2.27. The monoisotopic (exact) mass is 379 g/mol. The molecule has 6 heteroatoms. The first kappa shape index (κ1) is 19.6. The Hall–Kier alpha value is -3.15. The van der Waals surface area contributed by atoms with Crippen LogP contribution in [-0.2, 0) is 17.6 Å². The minimum Gasteiger partial charge on any atom is -0.497 e. The van der Waals surface area contributed by atoms with E-state index >= 15 is 0 Å². The fourth-order valence-electron chi connectivity index (χ4n) is 3.32. The van der Waals surface area contributed by atoms with Crippen molar-refractivity contribution < 1.29 is 14.3 Å². The fourth-order valence-corrected chi connectivity index (χ4v) is 3.32. The van der Waals surface area contributed by atoms with Gasteiger partial charge >= 0.3 is 0 Å². The highest BCUT2D eigenvalue weighted by Gasteiger charge is 2.15. The van der Waals surface area contributed by atoms with E-state index in [2.05, 4.69) is 21.9 Å². The molecule has 0 fully saturated rings. The quantitative estimate of drug-likeness (QED) is 0.593. The van der Waals surface area contributed by atoms with Gasteiger partial charge in [-0.3, -0.25) is 9.59 Å². The van der Waals surface area contributed by atoms with E-state index in [9.17, 15) is 9.59 Å².